The first-order valence-corrected chi connectivity index (χ1v) is 10.2. The van der Waals surface area contributed by atoms with Crippen LogP contribution in [0.1, 0.15) is 5.56 Å². The summed E-state index contributed by atoms with van der Waals surface area (Å²) in [6.45, 7) is 1.92. The molecule has 0 aliphatic heterocycles. The van der Waals surface area contributed by atoms with Crippen LogP contribution in [-0.4, -0.2) is 31.3 Å². The number of phenolic OH excluding ortho intramolecular Hbond substituents is 1. The number of aromatic nitrogens is 3. The molecule has 150 valence electrons. The van der Waals surface area contributed by atoms with E-state index in [1.807, 2.05) is 19.1 Å². The number of phenols is 1. The Balaban J connectivity index is 1.67. The van der Waals surface area contributed by atoms with E-state index in [0.717, 1.165) is 17.3 Å². The third kappa shape index (κ3) is 4.18. The Morgan fingerprint density at radius 1 is 1.13 bits per heavy atom. The summed E-state index contributed by atoms with van der Waals surface area (Å²) in [5.74, 6) is 0.381. The van der Waals surface area contributed by atoms with Gasteiger partial charge in [-0.1, -0.05) is 23.9 Å². The molecule has 2 aromatic carbocycles. The molecule has 0 unspecified atom stereocenters. The van der Waals surface area contributed by atoms with Gasteiger partial charge < -0.3 is 10.4 Å². The summed E-state index contributed by atoms with van der Waals surface area (Å²) >= 11 is 1.16. The number of carbonyl (C=O) groups excluding carboxylic acids is 1. The maximum atomic E-state index is 13.2. The first kappa shape index (κ1) is 19.7. The highest BCUT2D eigenvalue weighted by molar-refractivity contribution is 7.99. The van der Waals surface area contributed by atoms with Gasteiger partial charge in [-0.15, -0.1) is 0 Å². The van der Waals surface area contributed by atoms with Crippen LogP contribution in [0.25, 0.3) is 16.7 Å². The van der Waals surface area contributed by atoms with Crippen LogP contribution in [0.5, 0.6) is 5.75 Å². The van der Waals surface area contributed by atoms with E-state index in [0.29, 0.717) is 27.6 Å². The van der Waals surface area contributed by atoms with Crippen LogP contribution in [-0.2, 0) is 4.79 Å². The molecular formula is C22H18N4O3S. The molecule has 0 fully saturated rings. The average molecular weight is 418 g/mol. The summed E-state index contributed by atoms with van der Waals surface area (Å²) in [5.41, 5.74) is 1.86. The van der Waals surface area contributed by atoms with Crippen molar-refractivity contribution in [2.75, 3.05) is 11.1 Å². The van der Waals surface area contributed by atoms with Crippen LogP contribution in [0, 0.1) is 6.92 Å². The molecule has 0 saturated heterocycles. The van der Waals surface area contributed by atoms with Crippen LogP contribution in [0.4, 0.5) is 5.69 Å². The number of hydrogen-bond acceptors (Lipinski definition) is 6. The molecule has 30 heavy (non-hydrogen) atoms. The summed E-state index contributed by atoms with van der Waals surface area (Å²) in [5, 5.41) is 13.0. The van der Waals surface area contributed by atoms with Gasteiger partial charge in [0.25, 0.3) is 5.56 Å². The van der Waals surface area contributed by atoms with Crippen molar-refractivity contribution in [3.05, 3.63) is 82.8 Å². The number of carbonyl (C=O) groups is 1. The van der Waals surface area contributed by atoms with E-state index in [9.17, 15) is 14.7 Å². The first-order chi connectivity index (χ1) is 14.5. The highest BCUT2D eigenvalue weighted by Gasteiger charge is 2.15. The fourth-order valence-electron chi connectivity index (χ4n) is 2.93. The van der Waals surface area contributed by atoms with Gasteiger partial charge in [0.05, 0.1) is 16.7 Å². The quantitative estimate of drug-likeness (QED) is 0.292. The van der Waals surface area contributed by atoms with Crippen molar-refractivity contribution in [2.24, 2.45) is 0 Å². The highest BCUT2D eigenvalue weighted by atomic mass is 32.2. The van der Waals surface area contributed by atoms with Crippen LogP contribution >= 0.6 is 11.8 Å². The number of aromatic hydroxyl groups is 1. The predicted octanol–water partition coefficient (Wildman–Crippen LogP) is 3.53. The summed E-state index contributed by atoms with van der Waals surface area (Å²) in [4.78, 5) is 34.5. The summed E-state index contributed by atoms with van der Waals surface area (Å²) < 4.78 is 1.44. The molecule has 0 saturated carbocycles. The predicted molar refractivity (Wildman–Crippen MR) is 117 cm³/mol. The van der Waals surface area contributed by atoms with E-state index in [4.69, 9.17) is 0 Å². The molecule has 0 bridgehead atoms. The minimum absolute atomic E-state index is 0.0530. The molecule has 8 heteroatoms. The number of amides is 1. The second-order valence-electron chi connectivity index (χ2n) is 6.63. The van der Waals surface area contributed by atoms with Gasteiger partial charge in [0.15, 0.2) is 5.16 Å². The number of anilines is 1. The summed E-state index contributed by atoms with van der Waals surface area (Å²) in [6.07, 6.45) is 1.64. The second kappa shape index (κ2) is 8.38. The number of para-hydroxylation sites is 1. The number of pyridine rings is 1. The molecule has 0 aliphatic carbocycles. The van der Waals surface area contributed by atoms with Gasteiger partial charge >= 0.3 is 0 Å². The van der Waals surface area contributed by atoms with E-state index in [1.54, 1.807) is 42.6 Å². The van der Waals surface area contributed by atoms with E-state index < -0.39 is 0 Å². The Bertz CT molecular complexity index is 1290. The zero-order valence-electron chi connectivity index (χ0n) is 16.1. The van der Waals surface area contributed by atoms with Gasteiger partial charge in [-0.05, 0) is 61.0 Å². The Kier molecular flexibility index (Phi) is 5.49. The van der Waals surface area contributed by atoms with Crippen LogP contribution in [0.15, 0.2) is 76.8 Å². The molecule has 1 amide bonds. The van der Waals surface area contributed by atoms with Crippen LogP contribution in [0.3, 0.4) is 0 Å². The molecule has 0 atom stereocenters. The molecule has 2 aromatic heterocycles. The van der Waals surface area contributed by atoms with Gasteiger partial charge in [0.1, 0.15) is 11.6 Å². The lowest BCUT2D eigenvalue weighted by Crippen LogP contribution is -2.23. The normalized spacial score (nSPS) is 10.8. The SMILES string of the molecule is Cc1ccnc(-n2c(SCC(=O)Nc3ccc(O)cc3)nc3ccccc3c2=O)c1. The van der Waals surface area contributed by atoms with Crippen molar-refractivity contribution in [3.63, 3.8) is 0 Å². The van der Waals surface area contributed by atoms with Gasteiger partial charge in [-0.2, -0.15) is 0 Å². The first-order valence-electron chi connectivity index (χ1n) is 9.18. The number of hydrogen-bond donors (Lipinski definition) is 2. The van der Waals surface area contributed by atoms with E-state index in [-0.39, 0.29) is 23.0 Å². The van der Waals surface area contributed by atoms with Crippen molar-refractivity contribution in [3.8, 4) is 11.6 Å². The molecule has 0 radical (unpaired) electrons. The van der Waals surface area contributed by atoms with Gasteiger partial charge in [0.2, 0.25) is 5.91 Å². The number of aryl methyl sites for hydroxylation is 1. The summed E-state index contributed by atoms with van der Waals surface area (Å²) in [6, 6.07) is 17.0. The molecule has 4 aromatic rings. The zero-order valence-corrected chi connectivity index (χ0v) is 16.9. The second-order valence-corrected chi connectivity index (χ2v) is 7.57. The van der Waals surface area contributed by atoms with Gasteiger partial charge in [0, 0.05) is 11.9 Å². The third-order valence-electron chi connectivity index (χ3n) is 4.36. The number of rotatable bonds is 5. The lowest BCUT2D eigenvalue weighted by atomic mass is 10.2. The number of fused-ring (bicyclic) bond motifs is 1. The number of nitrogens with one attached hydrogen (secondary N) is 1. The maximum absolute atomic E-state index is 13.2. The summed E-state index contributed by atoms with van der Waals surface area (Å²) in [7, 11) is 0. The van der Waals surface area contributed by atoms with Crippen molar-refractivity contribution in [1.82, 2.24) is 14.5 Å². The number of thioether (sulfide) groups is 1. The topological polar surface area (TPSA) is 97.1 Å². The molecule has 0 spiro atoms. The Morgan fingerprint density at radius 2 is 1.90 bits per heavy atom. The minimum atomic E-state index is -0.253. The van der Waals surface area contributed by atoms with Crippen molar-refractivity contribution < 1.29 is 9.90 Å². The van der Waals surface area contributed by atoms with Crippen molar-refractivity contribution in [1.29, 1.82) is 0 Å². The minimum Gasteiger partial charge on any atom is -0.508 e. The number of benzene rings is 2. The fourth-order valence-corrected chi connectivity index (χ4v) is 3.73. The monoisotopic (exact) mass is 418 g/mol. The molecule has 4 rings (SSSR count). The average Bonchev–Trinajstić information content (AvgIpc) is 2.74. The molecule has 2 N–H and O–H groups in total. The largest absolute Gasteiger partial charge is 0.508 e. The molecule has 2 heterocycles. The van der Waals surface area contributed by atoms with E-state index in [1.165, 1.54) is 16.7 Å². The fraction of sp³-hybridized carbons (Fsp3) is 0.0909. The standard InChI is InChI=1S/C22H18N4O3S/c1-14-10-11-23-19(12-14)26-21(29)17-4-2-3-5-18(17)25-22(26)30-13-20(28)24-15-6-8-16(27)9-7-15/h2-12,27H,13H2,1H3,(H,24,28). The van der Waals surface area contributed by atoms with E-state index >= 15 is 0 Å². The Morgan fingerprint density at radius 3 is 2.67 bits per heavy atom. The lowest BCUT2D eigenvalue weighted by Gasteiger charge is -2.13. The Hall–Kier alpha value is -3.65. The van der Waals surface area contributed by atoms with Gasteiger partial charge in [-0.25, -0.2) is 14.5 Å². The maximum Gasteiger partial charge on any atom is 0.267 e. The molecular weight excluding hydrogens is 400 g/mol. The highest BCUT2D eigenvalue weighted by Crippen LogP contribution is 2.21. The van der Waals surface area contributed by atoms with Crippen LogP contribution < -0.4 is 10.9 Å². The zero-order chi connectivity index (χ0) is 21.1. The van der Waals surface area contributed by atoms with E-state index in [2.05, 4.69) is 15.3 Å². The third-order valence-corrected chi connectivity index (χ3v) is 5.30. The smallest absolute Gasteiger partial charge is 0.267 e. The van der Waals surface area contributed by atoms with Crippen LogP contribution in [0.2, 0.25) is 0 Å². The number of nitrogens with zero attached hydrogens (tertiary/aromatic N) is 3. The Labute approximate surface area is 176 Å². The molecule has 7 nitrogen and oxygen atoms in total. The van der Waals surface area contributed by atoms with Crippen molar-refractivity contribution in [2.45, 2.75) is 12.1 Å². The van der Waals surface area contributed by atoms with Crippen molar-refractivity contribution >= 4 is 34.3 Å². The molecule has 0 aliphatic rings. The lowest BCUT2D eigenvalue weighted by molar-refractivity contribution is -0.113. The van der Waals surface area contributed by atoms with Gasteiger partial charge in [-0.3, -0.25) is 9.59 Å².